The Morgan fingerprint density at radius 2 is 2.08 bits per heavy atom. The Balaban J connectivity index is 1.82. The molecule has 0 radical (unpaired) electrons. The minimum Gasteiger partial charge on any atom is -0.277 e. The molecule has 1 aromatic heterocycles. The number of nitrogens with zero attached hydrogens (tertiary/aromatic N) is 4. The van der Waals surface area contributed by atoms with E-state index >= 15 is 0 Å². The first kappa shape index (κ1) is 17.3. The third-order valence-corrected chi connectivity index (χ3v) is 4.36. The van der Waals surface area contributed by atoms with Crippen molar-refractivity contribution in [1.29, 1.82) is 5.26 Å². The number of nitriles is 1. The normalized spacial score (nSPS) is 11.0. The Labute approximate surface area is 153 Å². The third-order valence-electron chi connectivity index (χ3n) is 3.51. The van der Waals surface area contributed by atoms with E-state index in [1.54, 1.807) is 12.1 Å². The number of hydrazone groups is 1. The molecule has 0 aliphatic heterocycles. The van der Waals surface area contributed by atoms with E-state index in [0.29, 0.717) is 10.7 Å². The molecule has 0 aliphatic rings. The highest BCUT2D eigenvalue weighted by molar-refractivity contribution is 7.12. The molecule has 0 saturated heterocycles. The first-order valence-electron chi connectivity index (χ1n) is 7.58. The molecule has 2 aromatic carbocycles. The molecule has 0 bridgehead atoms. The van der Waals surface area contributed by atoms with Crippen LogP contribution < -0.4 is 5.43 Å². The minimum absolute atomic E-state index is 0.0559. The fourth-order valence-corrected chi connectivity index (χ4v) is 2.94. The van der Waals surface area contributed by atoms with Gasteiger partial charge in [-0.25, -0.2) is 4.98 Å². The lowest BCUT2D eigenvalue weighted by Gasteiger charge is -2.00. The van der Waals surface area contributed by atoms with Crippen molar-refractivity contribution in [3.63, 3.8) is 0 Å². The number of nitrogens with one attached hydrogen (secondary N) is 1. The molecule has 1 heterocycles. The van der Waals surface area contributed by atoms with E-state index in [-0.39, 0.29) is 11.4 Å². The summed E-state index contributed by atoms with van der Waals surface area (Å²) in [6, 6.07) is 15.8. The highest BCUT2D eigenvalue weighted by atomic mass is 32.1. The summed E-state index contributed by atoms with van der Waals surface area (Å²) in [6.07, 6.45) is 0. The Bertz CT molecular complexity index is 1020. The predicted octanol–water partition coefficient (Wildman–Crippen LogP) is 4.37. The van der Waals surface area contributed by atoms with Crippen molar-refractivity contribution in [3.05, 3.63) is 74.6 Å². The van der Waals surface area contributed by atoms with Crippen LogP contribution in [0.15, 0.2) is 59.0 Å². The van der Waals surface area contributed by atoms with Crippen LogP contribution in [0.1, 0.15) is 10.6 Å². The SMILES string of the molecule is Cc1ccc(-c2csc(C(C#N)=NNc3cccc([N+](=O)[O-])c3)n2)cc1. The van der Waals surface area contributed by atoms with Gasteiger partial charge >= 0.3 is 0 Å². The molecular formula is C18H13N5O2S. The highest BCUT2D eigenvalue weighted by Gasteiger charge is 2.11. The van der Waals surface area contributed by atoms with Gasteiger partial charge in [-0.3, -0.25) is 15.5 Å². The summed E-state index contributed by atoms with van der Waals surface area (Å²) in [4.78, 5) is 14.8. The lowest BCUT2D eigenvalue weighted by molar-refractivity contribution is -0.384. The summed E-state index contributed by atoms with van der Waals surface area (Å²) in [5.41, 5.74) is 6.03. The summed E-state index contributed by atoms with van der Waals surface area (Å²) in [5, 5.41) is 26.5. The first-order valence-corrected chi connectivity index (χ1v) is 8.46. The molecule has 7 nitrogen and oxygen atoms in total. The number of thiazole rings is 1. The van der Waals surface area contributed by atoms with Crippen molar-refractivity contribution in [2.75, 3.05) is 5.43 Å². The van der Waals surface area contributed by atoms with Crippen LogP contribution in [0, 0.1) is 28.4 Å². The Hall–Kier alpha value is -3.57. The molecule has 0 saturated carbocycles. The molecule has 0 aliphatic carbocycles. The zero-order valence-corrected chi connectivity index (χ0v) is 14.5. The van der Waals surface area contributed by atoms with E-state index in [2.05, 4.69) is 15.5 Å². The number of non-ortho nitro benzene ring substituents is 1. The number of benzene rings is 2. The zero-order chi connectivity index (χ0) is 18.5. The molecule has 0 atom stereocenters. The quantitative estimate of drug-likeness (QED) is 0.412. The topological polar surface area (TPSA) is 104 Å². The van der Waals surface area contributed by atoms with Gasteiger partial charge in [0.1, 0.15) is 6.07 Å². The van der Waals surface area contributed by atoms with Gasteiger partial charge in [-0.15, -0.1) is 11.3 Å². The van der Waals surface area contributed by atoms with Crippen molar-refractivity contribution in [1.82, 2.24) is 4.98 Å². The number of rotatable bonds is 5. The van der Waals surface area contributed by atoms with Gasteiger partial charge < -0.3 is 0 Å². The summed E-state index contributed by atoms with van der Waals surface area (Å²) >= 11 is 1.31. The maximum Gasteiger partial charge on any atom is 0.271 e. The maximum atomic E-state index is 10.8. The summed E-state index contributed by atoms with van der Waals surface area (Å²) in [6.45, 7) is 2.01. The smallest absolute Gasteiger partial charge is 0.271 e. The lowest BCUT2D eigenvalue weighted by atomic mass is 10.1. The molecule has 1 N–H and O–H groups in total. The van der Waals surface area contributed by atoms with Crippen LogP contribution in [-0.2, 0) is 0 Å². The van der Waals surface area contributed by atoms with Crippen molar-refractivity contribution >= 4 is 28.4 Å². The van der Waals surface area contributed by atoms with Gasteiger partial charge in [-0.1, -0.05) is 35.9 Å². The van der Waals surface area contributed by atoms with E-state index in [1.807, 2.05) is 42.6 Å². The molecule has 8 heteroatoms. The van der Waals surface area contributed by atoms with Crippen LogP contribution >= 0.6 is 11.3 Å². The second kappa shape index (κ2) is 7.55. The molecule has 0 spiro atoms. The van der Waals surface area contributed by atoms with E-state index in [9.17, 15) is 15.4 Å². The van der Waals surface area contributed by atoms with Crippen LogP contribution in [0.5, 0.6) is 0 Å². The van der Waals surface area contributed by atoms with E-state index < -0.39 is 4.92 Å². The lowest BCUT2D eigenvalue weighted by Crippen LogP contribution is -2.01. The molecule has 3 aromatic rings. The average molecular weight is 363 g/mol. The largest absolute Gasteiger partial charge is 0.277 e. The second-order valence-electron chi connectivity index (χ2n) is 5.40. The van der Waals surface area contributed by atoms with Crippen LogP contribution in [0.25, 0.3) is 11.3 Å². The fraction of sp³-hybridized carbons (Fsp3) is 0.0556. The van der Waals surface area contributed by atoms with E-state index in [0.717, 1.165) is 16.8 Å². The summed E-state index contributed by atoms with van der Waals surface area (Å²) in [5.74, 6) is 0. The monoisotopic (exact) mass is 363 g/mol. The number of aromatic nitrogens is 1. The Morgan fingerprint density at radius 1 is 1.31 bits per heavy atom. The Morgan fingerprint density at radius 3 is 2.77 bits per heavy atom. The summed E-state index contributed by atoms with van der Waals surface area (Å²) in [7, 11) is 0. The van der Waals surface area contributed by atoms with Gasteiger partial charge in [0.05, 0.1) is 16.3 Å². The van der Waals surface area contributed by atoms with Crippen molar-refractivity contribution in [3.8, 4) is 17.3 Å². The van der Waals surface area contributed by atoms with Crippen LogP contribution in [-0.4, -0.2) is 15.6 Å². The molecule has 0 unspecified atom stereocenters. The standard InChI is InChI=1S/C18H13N5O2S/c1-12-5-7-13(8-6-12)17-11-26-18(20-17)16(10-19)22-21-14-3-2-4-15(9-14)23(24)25/h2-9,11,21H,1H3. The Kier molecular flexibility index (Phi) is 5.01. The first-order chi connectivity index (χ1) is 12.6. The van der Waals surface area contributed by atoms with Gasteiger partial charge in [0.2, 0.25) is 0 Å². The number of aryl methyl sites for hydroxylation is 1. The minimum atomic E-state index is -0.491. The van der Waals surface area contributed by atoms with Crippen LogP contribution in [0.2, 0.25) is 0 Å². The number of nitro groups is 1. The zero-order valence-electron chi connectivity index (χ0n) is 13.7. The van der Waals surface area contributed by atoms with Gasteiger partial charge in [0, 0.05) is 23.1 Å². The van der Waals surface area contributed by atoms with Crippen molar-refractivity contribution in [2.24, 2.45) is 5.10 Å². The molecule has 3 rings (SSSR count). The van der Waals surface area contributed by atoms with Crippen LogP contribution in [0.4, 0.5) is 11.4 Å². The van der Waals surface area contributed by atoms with E-state index in [1.165, 1.54) is 23.5 Å². The van der Waals surface area contributed by atoms with Crippen LogP contribution in [0.3, 0.4) is 0 Å². The molecule has 0 amide bonds. The molecule has 26 heavy (non-hydrogen) atoms. The third kappa shape index (κ3) is 3.91. The molecular weight excluding hydrogens is 350 g/mol. The predicted molar refractivity (Wildman–Crippen MR) is 101 cm³/mol. The summed E-state index contributed by atoms with van der Waals surface area (Å²) < 4.78 is 0. The number of hydrogen-bond acceptors (Lipinski definition) is 7. The maximum absolute atomic E-state index is 10.8. The van der Waals surface area contributed by atoms with Gasteiger partial charge in [0.15, 0.2) is 10.7 Å². The van der Waals surface area contributed by atoms with E-state index in [4.69, 9.17) is 0 Å². The fourth-order valence-electron chi connectivity index (χ4n) is 2.17. The molecule has 0 fully saturated rings. The number of nitro benzene ring substituents is 1. The average Bonchev–Trinajstić information content (AvgIpc) is 3.13. The van der Waals surface area contributed by atoms with Gasteiger partial charge in [-0.05, 0) is 13.0 Å². The van der Waals surface area contributed by atoms with Crippen molar-refractivity contribution < 1.29 is 4.92 Å². The highest BCUT2D eigenvalue weighted by Crippen LogP contribution is 2.23. The van der Waals surface area contributed by atoms with Gasteiger partial charge in [-0.2, -0.15) is 10.4 Å². The van der Waals surface area contributed by atoms with Crippen molar-refractivity contribution in [2.45, 2.75) is 6.92 Å². The van der Waals surface area contributed by atoms with Gasteiger partial charge in [0.25, 0.3) is 5.69 Å². The second-order valence-corrected chi connectivity index (χ2v) is 6.25. The number of hydrogen-bond donors (Lipinski definition) is 1. The molecule has 128 valence electrons. The number of anilines is 1.